The molecule has 0 spiro atoms. The van der Waals surface area contributed by atoms with Gasteiger partial charge in [0.1, 0.15) is 0 Å². The van der Waals surface area contributed by atoms with Crippen LogP contribution in [0.5, 0.6) is 0 Å². The zero-order valence-corrected chi connectivity index (χ0v) is 19.5. The standard InChI is InChI=1S/C27H26F3N3O2/c1-18-14-19(2)16-20(15-18)17-32-12-5-13-33(26(32)35)24-7-4-3-6-23(24)31-25(34)21-8-10-22(11-9-21)27(28,29)30/h3-4,6-11,14-16H,5,12-13,17H2,1-2H3,(H,31,34). The van der Waals surface area contributed by atoms with E-state index < -0.39 is 17.6 Å². The summed E-state index contributed by atoms with van der Waals surface area (Å²) in [5, 5.41) is 2.75. The normalized spacial score (nSPS) is 14.3. The number of carbonyl (C=O) groups excluding carboxylic acids is 2. The van der Waals surface area contributed by atoms with E-state index in [2.05, 4.69) is 23.5 Å². The van der Waals surface area contributed by atoms with Crippen LogP contribution in [0.4, 0.5) is 29.3 Å². The predicted molar refractivity (Wildman–Crippen MR) is 130 cm³/mol. The number of rotatable bonds is 5. The number of hydrogen-bond acceptors (Lipinski definition) is 2. The molecule has 0 unspecified atom stereocenters. The van der Waals surface area contributed by atoms with Crippen molar-refractivity contribution in [3.8, 4) is 0 Å². The van der Waals surface area contributed by atoms with Crippen molar-refractivity contribution in [3.05, 3.63) is 94.5 Å². The molecule has 1 aliphatic heterocycles. The number of nitrogens with one attached hydrogen (secondary N) is 1. The number of anilines is 2. The Morgan fingerprint density at radius 2 is 1.60 bits per heavy atom. The van der Waals surface area contributed by atoms with E-state index in [1.54, 1.807) is 34.1 Å². The van der Waals surface area contributed by atoms with E-state index in [0.29, 0.717) is 31.0 Å². The Hall–Kier alpha value is -3.81. The van der Waals surface area contributed by atoms with Crippen LogP contribution in [0.15, 0.2) is 66.7 Å². The van der Waals surface area contributed by atoms with E-state index in [0.717, 1.165) is 47.4 Å². The lowest BCUT2D eigenvalue weighted by Crippen LogP contribution is -2.49. The van der Waals surface area contributed by atoms with Crippen LogP contribution < -0.4 is 10.2 Å². The van der Waals surface area contributed by atoms with E-state index >= 15 is 0 Å². The first kappa shape index (κ1) is 24.3. The Morgan fingerprint density at radius 3 is 2.26 bits per heavy atom. The zero-order chi connectivity index (χ0) is 25.2. The van der Waals surface area contributed by atoms with Crippen molar-refractivity contribution in [2.45, 2.75) is 33.0 Å². The Morgan fingerprint density at radius 1 is 0.943 bits per heavy atom. The monoisotopic (exact) mass is 481 g/mol. The molecular weight excluding hydrogens is 455 g/mol. The summed E-state index contributed by atoms with van der Waals surface area (Å²) in [6.45, 7) is 5.66. The molecule has 0 atom stereocenters. The molecule has 0 aromatic heterocycles. The molecule has 35 heavy (non-hydrogen) atoms. The van der Waals surface area contributed by atoms with Gasteiger partial charge in [0.2, 0.25) is 0 Å². The summed E-state index contributed by atoms with van der Waals surface area (Å²) in [5.74, 6) is -0.553. The second-order valence-corrected chi connectivity index (χ2v) is 8.75. The highest BCUT2D eigenvalue weighted by atomic mass is 19.4. The minimum Gasteiger partial charge on any atom is -0.320 e. The van der Waals surface area contributed by atoms with E-state index in [1.807, 2.05) is 13.8 Å². The topological polar surface area (TPSA) is 52.6 Å². The highest BCUT2D eigenvalue weighted by Gasteiger charge is 2.31. The summed E-state index contributed by atoms with van der Waals surface area (Å²) in [7, 11) is 0. The molecule has 0 saturated carbocycles. The minimum atomic E-state index is -4.47. The van der Waals surface area contributed by atoms with Crippen LogP contribution in [-0.4, -0.2) is 29.9 Å². The Kier molecular flexibility index (Phi) is 6.82. The Bertz CT molecular complexity index is 1220. The summed E-state index contributed by atoms with van der Waals surface area (Å²) >= 11 is 0. The van der Waals surface area contributed by atoms with E-state index in [1.165, 1.54) is 0 Å². The van der Waals surface area contributed by atoms with Gasteiger partial charge in [-0.1, -0.05) is 41.5 Å². The quantitative estimate of drug-likeness (QED) is 0.458. The zero-order valence-electron chi connectivity index (χ0n) is 19.5. The smallest absolute Gasteiger partial charge is 0.320 e. The summed E-state index contributed by atoms with van der Waals surface area (Å²) in [5.41, 5.74) is 3.56. The van der Waals surface area contributed by atoms with Gasteiger partial charge in [0, 0.05) is 25.2 Å². The van der Waals surface area contributed by atoms with Gasteiger partial charge in [-0.15, -0.1) is 0 Å². The number of aryl methyl sites for hydroxylation is 2. The van der Waals surface area contributed by atoms with Crippen molar-refractivity contribution in [2.75, 3.05) is 23.3 Å². The van der Waals surface area contributed by atoms with Crippen LogP contribution in [0.1, 0.15) is 39.0 Å². The number of nitrogens with zero attached hydrogens (tertiary/aromatic N) is 2. The van der Waals surface area contributed by atoms with Crippen molar-refractivity contribution >= 4 is 23.3 Å². The third-order valence-corrected chi connectivity index (χ3v) is 5.88. The van der Waals surface area contributed by atoms with Gasteiger partial charge >= 0.3 is 12.2 Å². The first-order valence-electron chi connectivity index (χ1n) is 11.3. The number of benzene rings is 3. The summed E-state index contributed by atoms with van der Waals surface area (Å²) < 4.78 is 38.5. The summed E-state index contributed by atoms with van der Waals surface area (Å²) in [6.07, 6.45) is -3.71. The van der Waals surface area contributed by atoms with Crippen LogP contribution in [0.25, 0.3) is 0 Å². The molecule has 5 nitrogen and oxygen atoms in total. The Balaban J connectivity index is 1.52. The molecule has 8 heteroatoms. The number of hydrogen-bond donors (Lipinski definition) is 1. The number of amides is 3. The van der Waals surface area contributed by atoms with Crippen LogP contribution in [0.3, 0.4) is 0 Å². The maximum Gasteiger partial charge on any atom is 0.416 e. The number of halogens is 3. The molecule has 1 aliphatic rings. The third kappa shape index (κ3) is 5.65. The van der Waals surface area contributed by atoms with Crippen LogP contribution in [0.2, 0.25) is 0 Å². The van der Waals surface area contributed by atoms with Gasteiger partial charge < -0.3 is 10.2 Å². The van der Waals surface area contributed by atoms with Crippen LogP contribution >= 0.6 is 0 Å². The van der Waals surface area contributed by atoms with Gasteiger partial charge in [0.05, 0.1) is 16.9 Å². The van der Waals surface area contributed by atoms with Crippen LogP contribution in [-0.2, 0) is 12.7 Å². The van der Waals surface area contributed by atoms with Gasteiger partial charge in [-0.2, -0.15) is 13.2 Å². The SMILES string of the molecule is Cc1cc(C)cc(CN2CCCN(c3ccccc3NC(=O)c3ccc(C(F)(F)F)cc3)C2=O)c1. The van der Waals surface area contributed by atoms with Crippen molar-refractivity contribution in [1.82, 2.24) is 4.90 Å². The molecule has 0 bridgehead atoms. The van der Waals surface area contributed by atoms with Crippen molar-refractivity contribution in [2.24, 2.45) is 0 Å². The fraction of sp³-hybridized carbons (Fsp3) is 0.259. The van der Waals surface area contributed by atoms with Gasteiger partial charge in [-0.25, -0.2) is 4.79 Å². The molecule has 182 valence electrons. The third-order valence-electron chi connectivity index (χ3n) is 5.88. The molecule has 0 radical (unpaired) electrons. The largest absolute Gasteiger partial charge is 0.416 e. The molecule has 3 aromatic rings. The average Bonchev–Trinajstić information content (AvgIpc) is 2.80. The lowest BCUT2D eigenvalue weighted by atomic mass is 10.1. The van der Waals surface area contributed by atoms with Gasteiger partial charge in [0.25, 0.3) is 5.91 Å². The molecule has 1 fully saturated rings. The highest BCUT2D eigenvalue weighted by Crippen LogP contribution is 2.31. The second-order valence-electron chi connectivity index (χ2n) is 8.75. The fourth-order valence-electron chi connectivity index (χ4n) is 4.35. The first-order valence-corrected chi connectivity index (χ1v) is 11.3. The molecule has 3 aromatic carbocycles. The van der Waals surface area contributed by atoms with E-state index in [9.17, 15) is 22.8 Å². The summed E-state index contributed by atoms with van der Waals surface area (Å²) in [4.78, 5) is 29.5. The van der Waals surface area contributed by atoms with Gasteiger partial charge in [-0.3, -0.25) is 9.69 Å². The lowest BCUT2D eigenvalue weighted by molar-refractivity contribution is -0.137. The molecule has 4 rings (SSSR count). The maximum absolute atomic E-state index is 13.4. The molecule has 1 N–H and O–H groups in total. The van der Waals surface area contributed by atoms with Crippen LogP contribution in [0, 0.1) is 13.8 Å². The molecular formula is C27H26F3N3O2. The molecule has 1 heterocycles. The first-order chi connectivity index (χ1) is 16.6. The number of carbonyl (C=O) groups is 2. The van der Waals surface area contributed by atoms with Crippen molar-refractivity contribution < 1.29 is 22.8 Å². The lowest BCUT2D eigenvalue weighted by Gasteiger charge is -2.36. The second kappa shape index (κ2) is 9.82. The van der Waals surface area contributed by atoms with Crippen molar-refractivity contribution in [1.29, 1.82) is 0 Å². The summed E-state index contributed by atoms with van der Waals surface area (Å²) in [6, 6.07) is 17.0. The predicted octanol–water partition coefficient (Wildman–Crippen LogP) is 6.41. The van der Waals surface area contributed by atoms with E-state index in [-0.39, 0.29) is 11.6 Å². The maximum atomic E-state index is 13.4. The fourth-order valence-corrected chi connectivity index (χ4v) is 4.35. The van der Waals surface area contributed by atoms with E-state index in [4.69, 9.17) is 0 Å². The number of para-hydroxylation sites is 2. The van der Waals surface area contributed by atoms with Gasteiger partial charge in [-0.05, 0) is 62.2 Å². The molecule has 0 aliphatic carbocycles. The van der Waals surface area contributed by atoms with Crippen molar-refractivity contribution in [3.63, 3.8) is 0 Å². The number of urea groups is 1. The Labute approximate surface area is 202 Å². The number of alkyl halides is 3. The van der Waals surface area contributed by atoms with Gasteiger partial charge in [0.15, 0.2) is 0 Å². The highest BCUT2D eigenvalue weighted by molar-refractivity contribution is 6.07. The molecule has 1 saturated heterocycles. The minimum absolute atomic E-state index is 0.0919. The average molecular weight is 482 g/mol. The molecule has 3 amide bonds.